The quantitative estimate of drug-likeness (QED) is 0.189. The molecule has 0 saturated heterocycles. The monoisotopic (exact) mass is 597 g/mol. The number of alkyl carbamates (subject to hydrolysis) is 1. The maximum Gasteiger partial charge on any atom is 0.408 e. The van der Waals surface area contributed by atoms with Crippen LogP contribution in [0.3, 0.4) is 0 Å². The van der Waals surface area contributed by atoms with Crippen LogP contribution >= 0.6 is 11.8 Å². The molecule has 0 radical (unpaired) electrons. The Labute approximate surface area is 257 Å². The number of hydrogen-bond donors (Lipinski definition) is 2. The Morgan fingerprint density at radius 2 is 1.64 bits per heavy atom. The molecule has 0 bridgehead atoms. The number of ether oxygens (including phenoxy) is 1. The van der Waals surface area contributed by atoms with Gasteiger partial charge in [0, 0.05) is 13.1 Å². The van der Waals surface area contributed by atoms with Gasteiger partial charge in [-0.2, -0.15) is 11.8 Å². The second kappa shape index (κ2) is 18.5. The van der Waals surface area contributed by atoms with E-state index >= 15 is 0 Å². The largest absolute Gasteiger partial charge is 0.444 e. The first-order chi connectivity index (χ1) is 20.1. The smallest absolute Gasteiger partial charge is 0.408 e. The molecule has 8 heteroatoms. The number of thioether (sulfide) groups is 1. The molecular weight excluding hydrogens is 546 g/mol. The molecule has 0 aliphatic rings. The van der Waals surface area contributed by atoms with Gasteiger partial charge in [0.15, 0.2) is 0 Å². The summed E-state index contributed by atoms with van der Waals surface area (Å²) in [6.07, 6.45) is 8.07. The van der Waals surface area contributed by atoms with Crippen molar-refractivity contribution in [1.82, 2.24) is 15.5 Å². The van der Waals surface area contributed by atoms with Crippen molar-refractivity contribution >= 4 is 29.7 Å². The number of unbranched alkanes of at least 4 members (excludes halogenated alkanes) is 5. The van der Waals surface area contributed by atoms with Crippen LogP contribution in [0.5, 0.6) is 0 Å². The number of amides is 3. The van der Waals surface area contributed by atoms with Crippen molar-refractivity contribution in [3.05, 3.63) is 71.3 Å². The van der Waals surface area contributed by atoms with Crippen molar-refractivity contribution in [3.8, 4) is 0 Å². The first kappa shape index (κ1) is 35.2. The number of rotatable bonds is 17. The maximum absolute atomic E-state index is 14.4. The van der Waals surface area contributed by atoms with Gasteiger partial charge in [-0.05, 0) is 63.7 Å². The van der Waals surface area contributed by atoms with Gasteiger partial charge in [0.1, 0.15) is 17.7 Å². The highest BCUT2D eigenvalue weighted by molar-refractivity contribution is 7.98. The van der Waals surface area contributed by atoms with Crippen molar-refractivity contribution in [1.29, 1.82) is 0 Å². The third-order valence-electron chi connectivity index (χ3n) is 6.86. The maximum atomic E-state index is 14.4. The second-order valence-corrected chi connectivity index (χ2v) is 12.8. The van der Waals surface area contributed by atoms with Gasteiger partial charge in [-0.25, -0.2) is 4.79 Å². The summed E-state index contributed by atoms with van der Waals surface area (Å²) in [5.74, 6) is 0.154. The van der Waals surface area contributed by atoms with Gasteiger partial charge in [-0.15, -0.1) is 0 Å². The van der Waals surface area contributed by atoms with E-state index in [9.17, 15) is 14.4 Å². The molecule has 2 atom stereocenters. The van der Waals surface area contributed by atoms with Crippen LogP contribution in [0.2, 0.25) is 0 Å². The lowest BCUT2D eigenvalue weighted by atomic mass is 9.99. The molecule has 7 nitrogen and oxygen atoms in total. The Kier molecular flexibility index (Phi) is 15.5. The molecule has 0 fully saturated rings. The molecule has 42 heavy (non-hydrogen) atoms. The SMILES string of the molecule is CCCCCCCCN(C(=O)C(CCSC)NC(=O)OC(C)(C)C)C(C(=O)NCc1ccccc1)c1cccc(C)c1. The number of nitrogens with zero attached hydrogens (tertiary/aromatic N) is 1. The second-order valence-electron chi connectivity index (χ2n) is 11.8. The zero-order chi connectivity index (χ0) is 31.0. The number of carbonyl (C=O) groups is 3. The average Bonchev–Trinajstić information content (AvgIpc) is 2.94. The van der Waals surface area contributed by atoms with Crippen LogP contribution < -0.4 is 10.6 Å². The van der Waals surface area contributed by atoms with Gasteiger partial charge in [0.25, 0.3) is 0 Å². The highest BCUT2D eigenvalue weighted by Gasteiger charge is 2.36. The fraction of sp³-hybridized carbons (Fsp3) is 0.559. The van der Waals surface area contributed by atoms with E-state index in [1.807, 2.05) is 67.8 Å². The zero-order valence-corrected chi connectivity index (χ0v) is 27.2. The molecule has 0 saturated carbocycles. The van der Waals surface area contributed by atoms with Crippen LogP contribution in [0.25, 0.3) is 0 Å². The number of benzene rings is 2. The van der Waals surface area contributed by atoms with Crippen molar-refractivity contribution in [2.45, 2.75) is 104 Å². The van der Waals surface area contributed by atoms with E-state index < -0.39 is 23.8 Å². The van der Waals surface area contributed by atoms with Gasteiger partial charge < -0.3 is 20.3 Å². The molecule has 232 valence electrons. The third-order valence-corrected chi connectivity index (χ3v) is 7.51. The topological polar surface area (TPSA) is 87.7 Å². The minimum absolute atomic E-state index is 0.246. The molecule has 2 aromatic carbocycles. The summed E-state index contributed by atoms with van der Waals surface area (Å²) < 4.78 is 5.50. The van der Waals surface area contributed by atoms with Crippen molar-refractivity contribution in [2.75, 3.05) is 18.6 Å². The van der Waals surface area contributed by atoms with Crippen LogP contribution in [0.15, 0.2) is 54.6 Å². The Balaban J connectivity index is 2.43. The summed E-state index contributed by atoms with van der Waals surface area (Å²) >= 11 is 1.61. The molecule has 0 aromatic heterocycles. The standard InChI is InChI=1S/C34H51N3O4S/c1-7-8-9-10-11-15-22-37(32(39)29(21-23-42-6)36-33(40)41-34(3,4)5)30(28-20-16-17-26(2)24-28)31(38)35-25-27-18-13-12-14-19-27/h12-14,16-20,24,29-30H,7-11,15,21-23,25H2,1-6H3,(H,35,38)(H,36,40). The normalized spacial score (nSPS) is 12.7. The Morgan fingerprint density at radius 3 is 2.29 bits per heavy atom. The first-order valence-corrected chi connectivity index (χ1v) is 16.6. The fourth-order valence-electron chi connectivity index (χ4n) is 4.77. The molecule has 0 aliphatic carbocycles. The summed E-state index contributed by atoms with van der Waals surface area (Å²) in [5.41, 5.74) is 2.04. The lowest BCUT2D eigenvalue weighted by Crippen LogP contribution is -2.53. The minimum Gasteiger partial charge on any atom is -0.444 e. The minimum atomic E-state index is -0.839. The number of aryl methyl sites for hydroxylation is 1. The molecule has 3 amide bonds. The van der Waals surface area contributed by atoms with Crippen LogP contribution in [-0.4, -0.2) is 53.0 Å². The van der Waals surface area contributed by atoms with Crippen LogP contribution in [0, 0.1) is 6.92 Å². The van der Waals surface area contributed by atoms with Crippen molar-refractivity contribution in [3.63, 3.8) is 0 Å². The zero-order valence-electron chi connectivity index (χ0n) is 26.4. The summed E-state index contributed by atoms with van der Waals surface area (Å²) in [7, 11) is 0. The number of hydrogen-bond acceptors (Lipinski definition) is 5. The fourth-order valence-corrected chi connectivity index (χ4v) is 5.24. The molecule has 2 rings (SSSR count). The molecule has 0 heterocycles. The van der Waals surface area contributed by atoms with Crippen molar-refractivity contribution in [2.24, 2.45) is 0 Å². The van der Waals surface area contributed by atoms with E-state index in [2.05, 4.69) is 17.6 Å². The molecule has 2 unspecified atom stereocenters. The number of nitrogens with one attached hydrogen (secondary N) is 2. The predicted molar refractivity (Wildman–Crippen MR) is 173 cm³/mol. The van der Waals surface area contributed by atoms with Crippen LogP contribution in [-0.2, 0) is 20.9 Å². The highest BCUT2D eigenvalue weighted by atomic mass is 32.2. The van der Waals surface area contributed by atoms with E-state index in [0.717, 1.165) is 48.8 Å². The predicted octanol–water partition coefficient (Wildman–Crippen LogP) is 7.19. The van der Waals surface area contributed by atoms with Gasteiger partial charge in [-0.1, -0.05) is 99.2 Å². The molecule has 2 N–H and O–H groups in total. The van der Waals surface area contributed by atoms with Gasteiger partial charge in [0.05, 0.1) is 0 Å². The van der Waals surface area contributed by atoms with Gasteiger partial charge >= 0.3 is 6.09 Å². The average molecular weight is 598 g/mol. The van der Waals surface area contributed by atoms with E-state index in [1.54, 1.807) is 37.4 Å². The Bertz CT molecular complexity index is 1100. The van der Waals surface area contributed by atoms with E-state index in [1.165, 1.54) is 6.42 Å². The van der Waals surface area contributed by atoms with E-state index in [4.69, 9.17) is 4.74 Å². The first-order valence-electron chi connectivity index (χ1n) is 15.2. The summed E-state index contributed by atoms with van der Waals surface area (Å²) in [5, 5.41) is 5.90. The molecule has 0 aliphatic heterocycles. The summed E-state index contributed by atoms with van der Waals surface area (Å²) in [6, 6.07) is 15.8. The highest BCUT2D eigenvalue weighted by Crippen LogP contribution is 2.25. The summed E-state index contributed by atoms with van der Waals surface area (Å²) in [4.78, 5) is 42.8. The molecule has 0 spiro atoms. The van der Waals surface area contributed by atoms with Gasteiger partial charge in [0.2, 0.25) is 11.8 Å². The Morgan fingerprint density at radius 1 is 0.952 bits per heavy atom. The third kappa shape index (κ3) is 12.9. The van der Waals surface area contributed by atoms with Crippen molar-refractivity contribution < 1.29 is 19.1 Å². The van der Waals surface area contributed by atoms with Crippen LogP contribution in [0.4, 0.5) is 4.79 Å². The summed E-state index contributed by atoms with van der Waals surface area (Å²) in [6.45, 7) is 10.3. The van der Waals surface area contributed by atoms with Crippen LogP contribution in [0.1, 0.15) is 95.4 Å². The Hall–Kier alpha value is -3.00. The van der Waals surface area contributed by atoms with Gasteiger partial charge in [-0.3, -0.25) is 9.59 Å². The molecular formula is C34H51N3O4S. The van der Waals surface area contributed by atoms with E-state index in [-0.39, 0.29) is 11.8 Å². The number of carbonyl (C=O) groups excluding carboxylic acids is 3. The lowest BCUT2D eigenvalue weighted by molar-refractivity contribution is -0.142. The molecule has 2 aromatic rings. The lowest BCUT2D eigenvalue weighted by Gasteiger charge is -2.35. The van der Waals surface area contributed by atoms with E-state index in [0.29, 0.717) is 25.3 Å².